The minimum absolute atomic E-state index is 0.208. The summed E-state index contributed by atoms with van der Waals surface area (Å²) >= 11 is 0. The molecule has 1 unspecified atom stereocenters. The van der Waals surface area contributed by atoms with E-state index in [1.165, 1.54) is 4.90 Å². The van der Waals surface area contributed by atoms with E-state index in [0.29, 0.717) is 0 Å². The van der Waals surface area contributed by atoms with Gasteiger partial charge >= 0.3 is 5.97 Å². The number of fused-ring (bicyclic) bond motifs is 1. The fraction of sp³-hybridized carbons (Fsp3) is 0.300. The van der Waals surface area contributed by atoms with E-state index in [1.807, 2.05) is 18.2 Å². The van der Waals surface area contributed by atoms with Crippen molar-refractivity contribution in [1.29, 1.82) is 0 Å². The first-order valence-corrected chi connectivity index (χ1v) is 9.32. The fourth-order valence-electron chi connectivity index (χ4n) is 4.32. The molecule has 2 fully saturated rings. The molecule has 0 N–H and O–H groups in total. The molecule has 2 aromatic rings. The number of carbonyl (C=O) groups is 2. The molecular formula is C20H17N3O8. The van der Waals surface area contributed by atoms with Gasteiger partial charge < -0.3 is 14.4 Å². The number of methoxy groups -OCH3 is 1. The van der Waals surface area contributed by atoms with Crippen LogP contribution in [0.2, 0.25) is 0 Å². The summed E-state index contributed by atoms with van der Waals surface area (Å²) in [6.07, 6.45) is -1.01. The molecule has 2 saturated heterocycles. The van der Waals surface area contributed by atoms with Gasteiger partial charge in [-0.1, -0.05) is 30.3 Å². The number of non-ortho nitro benzene ring substituents is 1. The zero-order valence-corrected chi connectivity index (χ0v) is 16.3. The van der Waals surface area contributed by atoms with Gasteiger partial charge in [0, 0.05) is 12.5 Å². The number of amides is 1. The topological polar surface area (TPSA) is 142 Å². The average molecular weight is 427 g/mol. The Morgan fingerprint density at radius 3 is 2.48 bits per heavy atom. The third-order valence-electron chi connectivity index (χ3n) is 5.74. The van der Waals surface area contributed by atoms with Crippen LogP contribution in [0.25, 0.3) is 0 Å². The van der Waals surface area contributed by atoms with Gasteiger partial charge in [0.25, 0.3) is 11.4 Å². The van der Waals surface area contributed by atoms with E-state index < -0.39 is 50.8 Å². The summed E-state index contributed by atoms with van der Waals surface area (Å²) in [5, 5.41) is 22.8. The first-order valence-electron chi connectivity index (χ1n) is 9.32. The minimum atomic E-state index is -2.05. The third kappa shape index (κ3) is 3.01. The van der Waals surface area contributed by atoms with Crippen molar-refractivity contribution in [2.45, 2.75) is 24.1 Å². The van der Waals surface area contributed by atoms with Gasteiger partial charge in [0.1, 0.15) is 6.23 Å². The molecule has 31 heavy (non-hydrogen) atoms. The van der Waals surface area contributed by atoms with Crippen LogP contribution >= 0.6 is 0 Å². The van der Waals surface area contributed by atoms with Crippen molar-refractivity contribution in [3.05, 3.63) is 79.9 Å². The number of nitro benzene ring substituents is 2. The molecule has 2 aliphatic heterocycles. The van der Waals surface area contributed by atoms with E-state index in [1.54, 1.807) is 12.1 Å². The molecule has 0 radical (unpaired) electrons. The number of hydrogen-bond donors (Lipinski definition) is 0. The number of nitrogens with zero attached hydrogens (tertiary/aromatic N) is 3. The maximum absolute atomic E-state index is 13.7. The molecule has 0 aliphatic carbocycles. The Bertz CT molecular complexity index is 1090. The molecule has 0 aromatic heterocycles. The lowest BCUT2D eigenvalue weighted by molar-refractivity contribution is -0.394. The SMILES string of the molecule is COC(=O)[C@]1(c2ccc([N+](=O)[O-])cc2[N+](=O)[O-])CC2OC[C@@H](c3ccccc3)N2C1=O. The van der Waals surface area contributed by atoms with Crippen LogP contribution in [0.3, 0.4) is 0 Å². The summed E-state index contributed by atoms with van der Waals surface area (Å²) in [5.41, 5.74) is -2.75. The highest BCUT2D eigenvalue weighted by atomic mass is 16.6. The molecule has 4 rings (SSSR count). The Morgan fingerprint density at radius 1 is 1.16 bits per heavy atom. The highest BCUT2D eigenvalue weighted by Crippen LogP contribution is 2.50. The number of carbonyl (C=O) groups excluding carboxylic acids is 2. The van der Waals surface area contributed by atoms with Crippen LogP contribution in [0.15, 0.2) is 48.5 Å². The summed E-state index contributed by atoms with van der Waals surface area (Å²) in [6, 6.07) is 11.4. The molecular weight excluding hydrogens is 410 g/mol. The molecule has 3 atom stereocenters. The van der Waals surface area contributed by atoms with Gasteiger partial charge in [-0.15, -0.1) is 0 Å². The molecule has 11 heteroatoms. The van der Waals surface area contributed by atoms with Gasteiger partial charge in [0.15, 0.2) is 5.41 Å². The zero-order chi connectivity index (χ0) is 22.3. The summed E-state index contributed by atoms with van der Waals surface area (Å²) in [5.74, 6) is -1.69. The van der Waals surface area contributed by atoms with Crippen LogP contribution in [0.4, 0.5) is 11.4 Å². The number of hydrogen-bond acceptors (Lipinski definition) is 8. The van der Waals surface area contributed by atoms with Crippen LogP contribution in [-0.4, -0.2) is 46.6 Å². The van der Waals surface area contributed by atoms with Crippen LogP contribution in [0.1, 0.15) is 23.6 Å². The number of nitro groups is 2. The number of rotatable bonds is 5. The second kappa shape index (κ2) is 7.43. The van der Waals surface area contributed by atoms with Gasteiger partial charge in [0.2, 0.25) is 5.91 Å². The van der Waals surface area contributed by atoms with E-state index in [-0.39, 0.29) is 18.6 Å². The molecule has 0 spiro atoms. The Labute approximate surface area is 175 Å². The van der Waals surface area contributed by atoms with Crippen molar-refractivity contribution >= 4 is 23.3 Å². The van der Waals surface area contributed by atoms with Crippen LogP contribution in [0.5, 0.6) is 0 Å². The quantitative estimate of drug-likeness (QED) is 0.306. The molecule has 2 aromatic carbocycles. The van der Waals surface area contributed by atoms with Crippen molar-refractivity contribution in [2.75, 3.05) is 13.7 Å². The largest absolute Gasteiger partial charge is 0.468 e. The van der Waals surface area contributed by atoms with Gasteiger partial charge in [-0.05, 0) is 11.6 Å². The average Bonchev–Trinajstić information content (AvgIpc) is 3.31. The molecule has 2 heterocycles. The molecule has 0 bridgehead atoms. The Balaban J connectivity index is 1.86. The van der Waals surface area contributed by atoms with E-state index in [0.717, 1.165) is 30.9 Å². The van der Waals surface area contributed by atoms with Gasteiger partial charge in [0.05, 0.1) is 41.2 Å². The number of esters is 1. The van der Waals surface area contributed by atoms with Crippen molar-refractivity contribution in [3.8, 4) is 0 Å². The van der Waals surface area contributed by atoms with Crippen molar-refractivity contribution in [2.24, 2.45) is 0 Å². The predicted octanol–water partition coefficient (Wildman–Crippen LogP) is 2.24. The highest BCUT2D eigenvalue weighted by molar-refractivity contribution is 6.11. The van der Waals surface area contributed by atoms with Crippen molar-refractivity contribution in [3.63, 3.8) is 0 Å². The van der Waals surface area contributed by atoms with Gasteiger partial charge in [-0.25, -0.2) is 0 Å². The van der Waals surface area contributed by atoms with E-state index in [2.05, 4.69) is 0 Å². The van der Waals surface area contributed by atoms with Crippen LogP contribution in [0, 0.1) is 20.2 Å². The number of ether oxygens (including phenoxy) is 2. The summed E-state index contributed by atoms with van der Waals surface area (Å²) in [4.78, 5) is 49.2. The second-order valence-electron chi connectivity index (χ2n) is 7.24. The maximum atomic E-state index is 13.7. The molecule has 11 nitrogen and oxygen atoms in total. The molecule has 2 aliphatic rings. The monoisotopic (exact) mass is 427 g/mol. The third-order valence-corrected chi connectivity index (χ3v) is 5.74. The predicted molar refractivity (Wildman–Crippen MR) is 104 cm³/mol. The highest BCUT2D eigenvalue weighted by Gasteiger charge is 2.64. The summed E-state index contributed by atoms with van der Waals surface area (Å²) < 4.78 is 10.6. The number of benzene rings is 2. The molecule has 160 valence electrons. The van der Waals surface area contributed by atoms with Crippen molar-refractivity contribution in [1.82, 2.24) is 4.90 Å². The summed E-state index contributed by atoms with van der Waals surface area (Å²) in [7, 11) is 1.08. The van der Waals surface area contributed by atoms with Crippen molar-refractivity contribution < 1.29 is 28.9 Å². The first-order chi connectivity index (χ1) is 14.8. The molecule has 0 saturated carbocycles. The van der Waals surface area contributed by atoms with Crippen LogP contribution < -0.4 is 0 Å². The second-order valence-corrected chi connectivity index (χ2v) is 7.24. The Morgan fingerprint density at radius 2 is 1.87 bits per heavy atom. The lowest BCUT2D eigenvalue weighted by Gasteiger charge is -2.27. The van der Waals surface area contributed by atoms with Crippen LogP contribution in [-0.2, 0) is 24.5 Å². The standard InChI is InChI=1S/C20H17N3O8/c1-30-19(25)20(14-8-7-13(22(26)27)9-15(14)23(28)29)10-17-21(18(20)24)16(11-31-17)12-5-3-2-4-6-12/h2-9,16-17H,10-11H2,1H3/t16-,17?,20-/m0/s1. The van der Waals surface area contributed by atoms with E-state index >= 15 is 0 Å². The normalized spacial score (nSPS) is 24.7. The first kappa shape index (κ1) is 20.4. The summed E-state index contributed by atoms with van der Waals surface area (Å²) in [6.45, 7) is 0.208. The van der Waals surface area contributed by atoms with Gasteiger partial charge in [-0.2, -0.15) is 0 Å². The van der Waals surface area contributed by atoms with E-state index in [4.69, 9.17) is 9.47 Å². The maximum Gasteiger partial charge on any atom is 0.326 e. The minimum Gasteiger partial charge on any atom is -0.468 e. The van der Waals surface area contributed by atoms with Gasteiger partial charge in [-0.3, -0.25) is 29.8 Å². The fourth-order valence-corrected chi connectivity index (χ4v) is 4.32. The Hall–Kier alpha value is -3.86. The zero-order valence-electron chi connectivity index (χ0n) is 16.3. The Kier molecular flexibility index (Phi) is 4.90. The molecule has 1 amide bonds. The van der Waals surface area contributed by atoms with E-state index in [9.17, 15) is 29.8 Å². The lowest BCUT2D eigenvalue weighted by atomic mass is 9.77. The smallest absolute Gasteiger partial charge is 0.326 e. The lowest BCUT2D eigenvalue weighted by Crippen LogP contribution is -2.46.